The third kappa shape index (κ3) is 3.78. The number of hydrazine groups is 1. The quantitative estimate of drug-likeness (QED) is 0.280. The highest BCUT2D eigenvalue weighted by Crippen LogP contribution is 2.29. The lowest BCUT2D eigenvalue weighted by molar-refractivity contribution is -0.383. The van der Waals surface area contributed by atoms with Gasteiger partial charge in [0.05, 0.1) is 10.3 Å². The Morgan fingerprint density at radius 3 is 2.50 bits per heavy atom. The molecular weight excluding hydrogens is 314 g/mol. The SMILES string of the molecule is NNC(=O)c1ccncc1.O=[N+]([O-])c1ccc(O)c2ncccc12. The summed E-state index contributed by atoms with van der Waals surface area (Å²) in [5.41, 5.74) is 2.73. The van der Waals surface area contributed by atoms with Crippen LogP contribution in [0, 0.1) is 10.1 Å². The fourth-order valence-electron chi connectivity index (χ4n) is 1.89. The lowest BCUT2D eigenvalue weighted by Gasteiger charge is -1.99. The number of carbonyl (C=O) groups is 1. The van der Waals surface area contributed by atoms with E-state index in [2.05, 4.69) is 9.97 Å². The number of nitrogens with one attached hydrogen (secondary N) is 1. The van der Waals surface area contributed by atoms with Gasteiger partial charge in [0, 0.05) is 30.2 Å². The molecule has 1 amide bonds. The molecule has 3 aromatic rings. The molecule has 0 aliphatic rings. The Morgan fingerprint density at radius 2 is 1.88 bits per heavy atom. The van der Waals surface area contributed by atoms with Crippen molar-refractivity contribution in [2.75, 3.05) is 0 Å². The number of nitrogen functional groups attached to an aromatic ring is 1. The number of nitrogens with zero attached hydrogens (tertiary/aromatic N) is 3. The monoisotopic (exact) mass is 327 g/mol. The van der Waals surface area contributed by atoms with Crippen LogP contribution < -0.4 is 11.3 Å². The highest BCUT2D eigenvalue weighted by Gasteiger charge is 2.13. The van der Waals surface area contributed by atoms with Gasteiger partial charge < -0.3 is 5.11 Å². The van der Waals surface area contributed by atoms with E-state index >= 15 is 0 Å². The minimum atomic E-state index is -0.497. The van der Waals surface area contributed by atoms with Gasteiger partial charge in [0.1, 0.15) is 11.3 Å². The lowest BCUT2D eigenvalue weighted by Crippen LogP contribution is -2.29. The van der Waals surface area contributed by atoms with E-state index in [9.17, 15) is 20.0 Å². The number of non-ortho nitro benzene ring substituents is 1. The van der Waals surface area contributed by atoms with E-state index in [4.69, 9.17) is 5.84 Å². The Hall–Kier alpha value is -3.59. The zero-order valence-corrected chi connectivity index (χ0v) is 12.3. The standard InChI is InChI=1S/C9H6N2O3.C6H7N3O/c12-8-4-3-7(11(13)14)6-2-1-5-10-9(6)8;7-9-6(10)5-1-3-8-4-2-5/h1-5,12H;1-4H,7H2,(H,9,10). The molecule has 0 bridgehead atoms. The van der Waals surface area contributed by atoms with Gasteiger partial charge in [-0.2, -0.15) is 0 Å². The van der Waals surface area contributed by atoms with Gasteiger partial charge in [-0.3, -0.25) is 30.3 Å². The van der Waals surface area contributed by atoms with Crippen molar-refractivity contribution in [3.05, 3.63) is 70.7 Å². The van der Waals surface area contributed by atoms with Crippen molar-refractivity contribution in [2.24, 2.45) is 5.84 Å². The fourth-order valence-corrected chi connectivity index (χ4v) is 1.89. The van der Waals surface area contributed by atoms with Gasteiger partial charge in [-0.05, 0) is 30.3 Å². The number of phenolic OH excluding ortho intramolecular Hbond substituents is 1. The summed E-state index contributed by atoms with van der Waals surface area (Å²) in [6.45, 7) is 0. The molecule has 2 aromatic heterocycles. The number of pyridine rings is 2. The Labute approximate surface area is 135 Å². The molecule has 3 rings (SSSR count). The molecule has 9 nitrogen and oxygen atoms in total. The molecule has 0 saturated carbocycles. The molecule has 0 saturated heterocycles. The van der Waals surface area contributed by atoms with Gasteiger partial charge in [-0.25, -0.2) is 5.84 Å². The highest BCUT2D eigenvalue weighted by molar-refractivity contribution is 5.93. The van der Waals surface area contributed by atoms with Crippen LogP contribution in [0.4, 0.5) is 5.69 Å². The van der Waals surface area contributed by atoms with E-state index in [1.54, 1.807) is 24.3 Å². The first-order valence-corrected chi connectivity index (χ1v) is 6.66. The number of hydrogen-bond donors (Lipinski definition) is 3. The first kappa shape index (κ1) is 16.8. The van der Waals surface area contributed by atoms with Gasteiger partial charge in [-0.1, -0.05) is 0 Å². The Bertz CT molecular complexity index is 870. The topological polar surface area (TPSA) is 144 Å². The number of aromatic nitrogens is 2. The van der Waals surface area contributed by atoms with Crippen LogP contribution in [0.25, 0.3) is 10.9 Å². The minimum Gasteiger partial charge on any atom is -0.506 e. The number of fused-ring (bicyclic) bond motifs is 1. The van der Waals surface area contributed by atoms with Crippen molar-refractivity contribution >= 4 is 22.5 Å². The van der Waals surface area contributed by atoms with Crippen molar-refractivity contribution in [1.82, 2.24) is 15.4 Å². The molecule has 0 aliphatic heterocycles. The van der Waals surface area contributed by atoms with E-state index in [-0.39, 0.29) is 22.9 Å². The fraction of sp³-hybridized carbons (Fsp3) is 0. The van der Waals surface area contributed by atoms with E-state index in [0.717, 1.165) is 0 Å². The summed E-state index contributed by atoms with van der Waals surface area (Å²) in [4.78, 5) is 28.5. The van der Waals surface area contributed by atoms with Crippen LogP contribution in [-0.2, 0) is 0 Å². The van der Waals surface area contributed by atoms with Crippen LogP contribution in [0.15, 0.2) is 55.0 Å². The third-order valence-electron chi connectivity index (χ3n) is 3.00. The number of amides is 1. The van der Waals surface area contributed by atoms with E-state index in [1.807, 2.05) is 5.43 Å². The molecule has 2 heterocycles. The Kier molecular flexibility index (Phi) is 5.32. The normalized spacial score (nSPS) is 9.71. The van der Waals surface area contributed by atoms with Gasteiger partial charge >= 0.3 is 0 Å². The van der Waals surface area contributed by atoms with Crippen LogP contribution in [0.5, 0.6) is 5.75 Å². The van der Waals surface area contributed by atoms with E-state index < -0.39 is 4.92 Å². The largest absolute Gasteiger partial charge is 0.506 e. The number of carbonyl (C=O) groups excluding carboxylic acids is 1. The zero-order chi connectivity index (χ0) is 17.5. The second-order valence-corrected chi connectivity index (χ2v) is 4.47. The second kappa shape index (κ2) is 7.61. The highest BCUT2D eigenvalue weighted by atomic mass is 16.6. The summed E-state index contributed by atoms with van der Waals surface area (Å²) < 4.78 is 0. The summed E-state index contributed by atoms with van der Waals surface area (Å²) in [6, 6.07) is 8.85. The number of nitro groups is 1. The predicted octanol–water partition coefficient (Wildman–Crippen LogP) is 1.53. The number of aromatic hydroxyl groups is 1. The summed E-state index contributed by atoms with van der Waals surface area (Å²) in [6.07, 6.45) is 4.54. The summed E-state index contributed by atoms with van der Waals surface area (Å²) in [7, 11) is 0. The Morgan fingerprint density at radius 1 is 1.17 bits per heavy atom. The molecule has 0 radical (unpaired) electrons. The van der Waals surface area contributed by atoms with Gasteiger partial charge in [0.25, 0.3) is 11.6 Å². The predicted molar refractivity (Wildman–Crippen MR) is 86.0 cm³/mol. The summed E-state index contributed by atoms with van der Waals surface area (Å²) in [5, 5.41) is 20.4. The van der Waals surface area contributed by atoms with Crippen LogP contribution in [0.1, 0.15) is 10.4 Å². The van der Waals surface area contributed by atoms with Crippen LogP contribution in [0.3, 0.4) is 0 Å². The smallest absolute Gasteiger partial charge is 0.279 e. The number of nitro benzene ring substituents is 1. The number of hydrogen-bond acceptors (Lipinski definition) is 7. The van der Waals surface area contributed by atoms with Gasteiger partial charge in [0.2, 0.25) is 0 Å². The zero-order valence-electron chi connectivity index (χ0n) is 12.3. The van der Waals surface area contributed by atoms with Crippen LogP contribution >= 0.6 is 0 Å². The second-order valence-electron chi connectivity index (χ2n) is 4.47. The number of phenols is 1. The number of benzene rings is 1. The maximum absolute atomic E-state index is 10.7. The minimum absolute atomic E-state index is 0.0498. The molecular formula is C15H13N5O4. The van der Waals surface area contributed by atoms with Crippen molar-refractivity contribution < 1.29 is 14.8 Å². The molecule has 9 heteroatoms. The van der Waals surface area contributed by atoms with Gasteiger partial charge in [-0.15, -0.1) is 0 Å². The molecule has 0 atom stereocenters. The third-order valence-corrected chi connectivity index (χ3v) is 3.00. The number of nitrogens with two attached hydrogens (primary N) is 1. The first-order chi connectivity index (χ1) is 11.5. The Balaban J connectivity index is 0.000000185. The van der Waals surface area contributed by atoms with Gasteiger partial charge in [0.15, 0.2) is 0 Å². The molecule has 0 aliphatic carbocycles. The maximum Gasteiger partial charge on any atom is 0.279 e. The summed E-state index contributed by atoms with van der Waals surface area (Å²) in [5.74, 6) is 4.53. The van der Waals surface area contributed by atoms with Crippen molar-refractivity contribution in [2.45, 2.75) is 0 Å². The molecule has 0 spiro atoms. The molecule has 122 valence electrons. The molecule has 0 fully saturated rings. The van der Waals surface area contributed by atoms with Crippen molar-refractivity contribution in [1.29, 1.82) is 0 Å². The molecule has 24 heavy (non-hydrogen) atoms. The average molecular weight is 327 g/mol. The van der Waals surface area contributed by atoms with E-state index in [0.29, 0.717) is 10.9 Å². The molecule has 4 N–H and O–H groups in total. The lowest BCUT2D eigenvalue weighted by atomic mass is 10.2. The van der Waals surface area contributed by atoms with Crippen LogP contribution in [0.2, 0.25) is 0 Å². The van der Waals surface area contributed by atoms with Crippen molar-refractivity contribution in [3.8, 4) is 5.75 Å². The molecule has 0 unspecified atom stereocenters. The van der Waals surface area contributed by atoms with E-state index in [1.165, 1.54) is 30.7 Å². The number of rotatable bonds is 2. The van der Waals surface area contributed by atoms with Crippen molar-refractivity contribution in [3.63, 3.8) is 0 Å². The molecule has 1 aromatic carbocycles. The average Bonchev–Trinajstić information content (AvgIpc) is 2.62. The first-order valence-electron chi connectivity index (χ1n) is 6.66. The maximum atomic E-state index is 10.7. The summed E-state index contributed by atoms with van der Waals surface area (Å²) >= 11 is 0. The van der Waals surface area contributed by atoms with Crippen LogP contribution in [-0.4, -0.2) is 25.9 Å².